The predicted octanol–water partition coefficient (Wildman–Crippen LogP) is 1.95. The molecule has 3 N–H and O–H groups in total. The Bertz CT molecular complexity index is 615. The van der Waals surface area contributed by atoms with Crippen LogP contribution in [0.15, 0.2) is 30.7 Å². The quantitative estimate of drug-likeness (QED) is 0.840. The number of amides is 1. The summed E-state index contributed by atoms with van der Waals surface area (Å²) in [5.41, 5.74) is 8.26. The normalized spacial score (nSPS) is 10.2. The van der Waals surface area contributed by atoms with Gasteiger partial charge in [-0.15, -0.1) is 0 Å². The molecular formula is C13H13ClN4O. The highest BCUT2D eigenvalue weighted by Gasteiger charge is 2.12. The van der Waals surface area contributed by atoms with Gasteiger partial charge in [0.15, 0.2) is 0 Å². The van der Waals surface area contributed by atoms with Gasteiger partial charge in [0.1, 0.15) is 5.15 Å². The van der Waals surface area contributed by atoms with E-state index in [0.29, 0.717) is 12.2 Å². The van der Waals surface area contributed by atoms with E-state index in [4.69, 9.17) is 17.3 Å². The molecule has 0 aliphatic carbocycles. The first kappa shape index (κ1) is 13.3. The summed E-state index contributed by atoms with van der Waals surface area (Å²) in [5, 5.41) is 2.90. The summed E-state index contributed by atoms with van der Waals surface area (Å²) in [7, 11) is 0. The molecule has 2 aromatic rings. The molecule has 5 nitrogen and oxygen atoms in total. The third kappa shape index (κ3) is 3.20. The Morgan fingerprint density at radius 1 is 1.47 bits per heavy atom. The number of pyridine rings is 2. The van der Waals surface area contributed by atoms with Crippen molar-refractivity contribution in [2.45, 2.75) is 13.5 Å². The number of aromatic nitrogens is 2. The zero-order chi connectivity index (χ0) is 13.8. The fourth-order valence-corrected chi connectivity index (χ4v) is 1.77. The van der Waals surface area contributed by atoms with Gasteiger partial charge in [0, 0.05) is 18.9 Å². The second-order valence-corrected chi connectivity index (χ2v) is 4.45. The number of nitrogens with two attached hydrogens (primary N) is 1. The van der Waals surface area contributed by atoms with Gasteiger partial charge in [-0.25, -0.2) is 4.98 Å². The van der Waals surface area contributed by atoms with E-state index < -0.39 is 0 Å². The molecule has 2 rings (SSSR count). The number of halogens is 1. The number of rotatable bonds is 3. The maximum absolute atomic E-state index is 12.0. The highest BCUT2D eigenvalue weighted by Crippen LogP contribution is 2.15. The largest absolute Gasteiger partial charge is 0.397 e. The number of anilines is 1. The lowest BCUT2D eigenvalue weighted by atomic mass is 10.1. The van der Waals surface area contributed by atoms with E-state index in [-0.39, 0.29) is 16.6 Å². The average molecular weight is 277 g/mol. The highest BCUT2D eigenvalue weighted by atomic mass is 35.5. The lowest BCUT2D eigenvalue weighted by Gasteiger charge is -2.08. The summed E-state index contributed by atoms with van der Waals surface area (Å²) in [6.07, 6.45) is 4.83. The maximum Gasteiger partial charge on any atom is 0.254 e. The zero-order valence-electron chi connectivity index (χ0n) is 10.4. The van der Waals surface area contributed by atoms with E-state index >= 15 is 0 Å². The number of nitrogen functional groups attached to an aromatic ring is 1. The number of nitrogens with one attached hydrogen (secondary N) is 1. The third-order valence-electron chi connectivity index (χ3n) is 2.69. The molecule has 0 aromatic carbocycles. The van der Waals surface area contributed by atoms with Crippen LogP contribution in [-0.2, 0) is 6.54 Å². The molecule has 0 aliphatic heterocycles. The van der Waals surface area contributed by atoms with Crippen LogP contribution in [0.4, 0.5) is 5.69 Å². The minimum absolute atomic E-state index is 0.134. The second-order valence-electron chi connectivity index (χ2n) is 4.09. The molecule has 0 atom stereocenters. The van der Waals surface area contributed by atoms with Gasteiger partial charge in [-0.3, -0.25) is 9.78 Å². The molecule has 0 aliphatic rings. The first-order valence-corrected chi connectivity index (χ1v) is 6.04. The van der Waals surface area contributed by atoms with Gasteiger partial charge in [0.2, 0.25) is 0 Å². The van der Waals surface area contributed by atoms with Crippen molar-refractivity contribution < 1.29 is 4.79 Å². The van der Waals surface area contributed by atoms with Crippen molar-refractivity contribution in [2.24, 2.45) is 0 Å². The molecule has 2 aromatic heterocycles. The second kappa shape index (κ2) is 5.67. The molecule has 0 bridgehead atoms. The van der Waals surface area contributed by atoms with E-state index in [1.807, 2.05) is 13.0 Å². The molecule has 0 fully saturated rings. The Morgan fingerprint density at radius 2 is 2.26 bits per heavy atom. The summed E-state index contributed by atoms with van der Waals surface area (Å²) < 4.78 is 0. The van der Waals surface area contributed by atoms with E-state index in [9.17, 15) is 4.79 Å². The van der Waals surface area contributed by atoms with Crippen molar-refractivity contribution in [1.29, 1.82) is 0 Å². The summed E-state index contributed by atoms with van der Waals surface area (Å²) in [5.74, 6) is -0.312. The smallest absolute Gasteiger partial charge is 0.254 e. The maximum atomic E-state index is 12.0. The molecular weight excluding hydrogens is 264 g/mol. The molecule has 1 amide bonds. The van der Waals surface area contributed by atoms with Crippen LogP contribution >= 0.6 is 11.6 Å². The Kier molecular flexibility index (Phi) is 3.97. The molecule has 0 unspecified atom stereocenters. The minimum atomic E-state index is -0.312. The van der Waals surface area contributed by atoms with Gasteiger partial charge in [-0.2, -0.15) is 0 Å². The van der Waals surface area contributed by atoms with Crippen LogP contribution in [0.1, 0.15) is 21.5 Å². The Balaban J connectivity index is 2.10. The number of carbonyl (C=O) groups is 1. The lowest BCUT2D eigenvalue weighted by molar-refractivity contribution is 0.0950. The monoisotopic (exact) mass is 276 g/mol. The van der Waals surface area contributed by atoms with Crippen LogP contribution in [0, 0.1) is 6.92 Å². The van der Waals surface area contributed by atoms with Crippen LogP contribution in [0.25, 0.3) is 0 Å². The van der Waals surface area contributed by atoms with E-state index in [1.54, 1.807) is 12.4 Å². The van der Waals surface area contributed by atoms with Crippen LogP contribution in [-0.4, -0.2) is 15.9 Å². The van der Waals surface area contributed by atoms with Gasteiger partial charge in [-0.05, 0) is 30.2 Å². The van der Waals surface area contributed by atoms with Gasteiger partial charge < -0.3 is 11.1 Å². The number of hydrogen-bond acceptors (Lipinski definition) is 4. The summed E-state index contributed by atoms with van der Waals surface area (Å²) in [4.78, 5) is 19.8. The minimum Gasteiger partial charge on any atom is -0.397 e. The molecule has 0 saturated carbocycles. The molecule has 0 radical (unpaired) electrons. The fraction of sp³-hybridized carbons (Fsp3) is 0.154. The number of hydrogen-bond donors (Lipinski definition) is 2. The first-order chi connectivity index (χ1) is 9.08. The van der Waals surface area contributed by atoms with Gasteiger partial charge >= 0.3 is 0 Å². The van der Waals surface area contributed by atoms with Gasteiger partial charge in [0.05, 0.1) is 17.4 Å². The molecule has 6 heteroatoms. The Labute approximate surface area is 115 Å². The SMILES string of the molecule is Cc1ccncc1CNC(=O)c1cc(N)cnc1Cl. The van der Waals surface area contributed by atoms with Crippen LogP contribution < -0.4 is 11.1 Å². The van der Waals surface area contributed by atoms with Crippen molar-refractivity contribution in [1.82, 2.24) is 15.3 Å². The Morgan fingerprint density at radius 3 is 3.00 bits per heavy atom. The van der Waals surface area contributed by atoms with Crippen molar-refractivity contribution in [3.05, 3.63) is 52.6 Å². The molecule has 2 heterocycles. The Hall–Kier alpha value is -2.14. The highest BCUT2D eigenvalue weighted by molar-refractivity contribution is 6.32. The van der Waals surface area contributed by atoms with Crippen LogP contribution in [0.3, 0.4) is 0 Å². The topological polar surface area (TPSA) is 80.9 Å². The molecule has 19 heavy (non-hydrogen) atoms. The number of aryl methyl sites for hydroxylation is 1. The average Bonchev–Trinajstić information content (AvgIpc) is 2.40. The van der Waals surface area contributed by atoms with Crippen molar-refractivity contribution in [3.63, 3.8) is 0 Å². The lowest BCUT2D eigenvalue weighted by Crippen LogP contribution is -2.24. The summed E-state index contributed by atoms with van der Waals surface area (Å²) in [6.45, 7) is 2.34. The van der Waals surface area contributed by atoms with E-state index in [2.05, 4.69) is 15.3 Å². The molecule has 0 saturated heterocycles. The van der Waals surface area contributed by atoms with E-state index in [0.717, 1.165) is 11.1 Å². The van der Waals surface area contributed by atoms with Gasteiger partial charge in [0.25, 0.3) is 5.91 Å². The molecule has 0 spiro atoms. The summed E-state index contributed by atoms with van der Waals surface area (Å²) >= 11 is 5.86. The van der Waals surface area contributed by atoms with Crippen LogP contribution in [0.5, 0.6) is 0 Å². The summed E-state index contributed by atoms with van der Waals surface area (Å²) in [6, 6.07) is 3.39. The third-order valence-corrected chi connectivity index (χ3v) is 2.99. The van der Waals surface area contributed by atoms with Crippen molar-refractivity contribution in [2.75, 3.05) is 5.73 Å². The van der Waals surface area contributed by atoms with Crippen molar-refractivity contribution in [3.8, 4) is 0 Å². The predicted molar refractivity (Wildman–Crippen MR) is 73.8 cm³/mol. The molecule has 98 valence electrons. The fourth-order valence-electron chi connectivity index (χ4n) is 1.58. The zero-order valence-corrected chi connectivity index (χ0v) is 11.1. The first-order valence-electron chi connectivity index (χ1n) is 5.66. The van der Waals surface area contributed by atoms with Crippen LogP contribution in [0.2, 0.25) is 5.15 Å². The number of nitrogens with zero attached hydrogens (tertiary/aromatic N) is 2. The van der Waals surface area contributed by atoms with Gasteiger partial charge in [-0.1, -0.05) is 11.6 Å². The number of carbonyl (C=O) groups excluding carboxylic acids is 1. The van der Waals surface area contributed by atoms with E-state index in [1.165, 1.54) is 12.3 Å². The standard InChI is InChI=1S/C13H13ClN4O/c1-8-2-3-16-5-9(8)6-18-13(19)11-4-10(15)7-17-12(11)14/h2-5,7H,6,15H2,1H3,(H,18,19). The van der Waals surface area contributed by atoms with Crippen molar-refractivity contribution >= 4 is 23.2 Å².